The van der Waals surface area contributed by atoms with Crippen molar-refractivity contribution in [1.82, 2.24) is 9.97 Å². The molecule has 0 saturated carbocycles. The van der Waals surface area contributed by atoms with Crippen LogP contribution in [-0.4, -0.2) is 21.6 Å². The molecule has 0 aliphatic rings. The number of aromatic nitrogens is 2. The zero-order valence-corrected chi connectivity index (χ0v) is 15.7. The molecule has 4 aromatic rings. The highest BCUT2D eigenvalue weighted by atomic mass is 32.2. The topological polar surface area (TPSA) is 50.3 Å². The van der Waals surface area contributed by atoms with Crippen LogP contribution in [0.3, 0.4) is 0 Å². The first-order chi connectivity index (χ1) is 13.3. The van der Waals surface area contributed by atoms with Gasteiger partial charge in [0.05, 0.1) is 23.3 Å². The molecular formula is C22H19N3OS. The van der Waals surface area contributed by atoms with E-state index in [1.54, 1.807) is 0 Å². The molecule has 0 radical (unpaired) electrons. The summed E-state index contributed by atoms with van der Waals surface area (Å²) in [5.74, 6) is 0.839. The molecule has 134 valence electrons. The van der Waals surface area contributed by atoms with E-state index < -0.39 is 0 Å². The molecule has 4 nitrogen and oxygen atoms in total. The molecule has 0 atom stereocenters. The fourth-order valence-electron chi connectivity index (χ4n) is 2.71. The third-order valence-electron chi connectivity index (χ3n) is 3.94. The first kappa shape index (κ1) is 17.4. The van der Waals surface area contributed by atoms with Crippen LogP contribution < -0.4 is 4.74 Å². The van der Waals surface area contributed by atoms with Crippen LogP contribution in [0.15, 0.2) is 89.0 Å². The van der Waals surface area contributed by atoms with Crippen molar-refractivity contribution in [2.45, 2.75) is 12.1 Å². The molecule has 0 bridgehead atoms. The van der Waals surface area contributed by atoms with Gasteiger partial charge in [0.15, 0.2) is 5.16 Å². The van der Waals surface area contributed by atoms with Crippen molar-refractivity contribution in [3.8, 4) is 5.75 Å². The standard InChI is InChI=1S/C22H19N3OS/c1-2-26-18-13-14-19-20(15-18)25-22(24-19)27-21(16-9-5-3-6-10-16)23-17-11-7-4-8-12-17/h3-15H,2H2,1H3,(H,24,25). The van der Waals surface area contributed by atoms with Gasteiger partial charge >= 0.3 is 0 Å². The van der Waals surface area contributed by atoms with Crippen LogP contribution in [0.5, 0.6) is 5.75 Å². The van der Waals surface area contributed by atoms with Crippen molar-refractivity contribution in [2.24, 2.45) is 4.99 Å². The average molecular weight is 373 g/mol. The number of aliphatic imine (C=N–C) groups is 1. The van der Waals surface area contributed by atoms with E-state index in [4.69, 9.17) is 14.7 Å². The molecule has 4 rings (SSSR count). The van der Waals surface area contributed by atoms with Crippen LogP contribution in [0, 0.1) is 0 Å². The Hall–Kier alpha value is -3.05. The second-order valence-corrected chi connectivity index (χ2v) is 6.85. The maximum atomic E-state index is 5.57. The fraction of sp³-hybridized carbons (Fsp3) is 0.0909. The molecule has 0 saturated heterocycles. The summed E-state index contributed by atoms with van der Waals surface area (Å²) in [5, 5.41) is 1.70. The molecule has 1 aromatic heterocycles. The number of nitrogens with one attached hydrogen (secondary N) is 1. The van der Waals surface area contributed by atoms with Crippen molar-refractivity contribution >= 4 is 33.5 Å². The van der Waals surface area contributed by atoms with E-state index in [-0.39, 0.29) is 0 Å². The van der Waals surface area contributed by atoms with Crippen molar-refractivity contribution in [3.63, 3.8) is 0 Å². The van der Waals surface area contributed by atoms with Gasteiger partial charge < -0.3 is 9.72 Å². The van der Waals surface area contributed by atoms with Gasteiger partial charge in [-0.1, -0.05) is 48.5 Å². The first-order valence-corrected chi connectivity index (χ1v) is 9.63. The highest BCUT2D eigenvalue weighted by molar-refractivity contribution is 8.14. The lowest BCUT2D eigenvalue weighted by atomic mass is 10.2. The van der Waals surface area contributed by atoms with Gasteiger partial charge in [-0.15, -0.1) is 0 Å². The third kappa shape index (κ3) is 4.20. The summed E-state index contributed by atoms with van der Waals surface area (Å²) >= 11 is 1.52. The Kier molecular flexibility index (Phi) is 5.21. The lowest BCUT2D eigenvalue weighted by molar-refractivity contribution is 0.340. The van der Waals surface area contributed by atoms with Crippen LogP contribution in [0.2, 0.25) is 0 Å². The number of para-hydroxylation sites is 1. The number of imidazole rings is 1. The Morgan fingerprint density at radius 1 is 1.00 bits per heavy atom. The number of H-pyrrole nitrogens is 1. The number of hydrogen-bond donors (Lipinski definition) is 1. The number of benzene rings is 3. The van der Waals surface area contributed by atoms with Crippen LogP contribution in [0.25, 0.3) is 11.0 Å². The summed E-state index contributed by atoms with van der Waals surface area (Å²) in [4.78, 5) is 12.9. The van der Waals surface area contributed by atoms with Crippen molar-refractivity contribution in [1.29, 1.82) is 0 Å². The summed E-state index contributed by atoms with van der Waals surface area (Å²) in [6, 6.07) is 26.0. The minimum absolute atomic E-state index is 0.642. The van der Waals surface area contributed by atoms with E-state index in [0.717, 1.165) is 38.2 Å². The monoisotopic (exact) mass is 373 g/mol. The fourth-order valence-corrected chi connectivity index (χ4v) is 3.60. The Morgan fingerprint density at radius 3 is 2.48 bits per heavy atom. The smallest absolute Gasteiger partial charge is 0.172 e. The number of hydrogen-bond acceptors (Lipinski definition) is 4. The summed E-state index contributed by atoms with van der Waals surface area (Å²) < 4.78 is 5.57. The van der Waals surface area contributed by atoms with E-state index in [0.29, 0.717) is 6.61 Å². The average Bonchev–Trinajstić information content (AvgIpc) is 3.11. The zero-order valence-electron chi connectivity index (χ0n) is 14.9. The molecule has 27 heavy (non-hydrogen) atoms. The molecule has 0 spiro atoms. The summed E-state index contributed by atoms with van der Waals surface area (Å²) in [5.41, 5.74) is 3.84. The molecule has 0 aliphatic heterocycles. The molecule has 0 amide bonds. The van der Waals surface area contributed by atoms with Gasteiger partial charge in [0.2, 0.25) is 0 Å². The quantitative estimate of drug-likeness (QED) is 0.272. The summed E-state index contributed by atoms with van der Waals surface area (Å²) in [6.45, 7) is 2.62. The Balaban J connectivity index is 1.69. The molecule has 3 aromatic carbocycles. The molecule has 1 heterocycles. The zero-order chi connectivity index (χ0) is 18.5. The van der Waals surface area contributed by atoms with Crippen molar-refractivity contribution < 1.29 is 4.74 Å². The van der Waals surface area contributed by atoms with E-state index in [9.17, 15) is 0 Å². The van der Waals surface area contributed by atoms with E-state index >= 15 is 0 Å². The molecular weight excluding hydrogens is 354 g/mol. The number of fused-ring (bicyclic) bond motifs is 1. The van der Waals surface area contributed by atoms with Gasteiger partial charge in [-0.25, -0.2) is 9.98 Å². The minimum atomic E-state index is 0.642. The van der Waals surface area contributed by atoms with Crippen LogP contribution in [-0.2, 0) is 0 Å². The Morgan fingerprint density at radius 2 is 1.74 bits per heavy atom. The first-order valence-electron chi connectivity index (χ1n) is 8.81. The van der Waals surface area contributed by atoms with Gasteiger partial charge in [0.25, 0.3) is 0 Å². The van der Waals surface area contributed by atoms with Gasteiger partial charge in [0, 0.05) is 11.6 Å². The van der Waals surface area contributed by atoms with E-state index in [2.05, 4.69) is 17.1 Å². The predicted octanol–water partition coefficient (Wildman–Crippen LogP) is 5.83. The van der Waals surface area contributed by atoms with Crippen LogP contribution in [0.4, 0.5) is 5.69 Å². The minimum Gasteiger partial charge on any atom is -0.494 e. The maximum absolute atomic E-state index is 5.57. The van der Waals surface area contributed by atoms with E-state index in [1.165, 1.54) is 11.8 Å². The number of thioether (sulfide) groups is 1. The SMILES string of the molecule is CCOc1ccc2nc(SC(=Nc3ccccc3)c3ccccc3)[nH]c2c1. The Labute approximate surface area is 162 Å². The third-order valence-corrected chi connectivity index (χ3v) is 4.85. The number of ether oxygens (including phenoxy) is 1. The summed E-state index contributed by atoms with van der Waals surface area (Å²) in [6.07, 6.45) is 0. The molecule has 1 N–H and O–H groups in total. The van der Waals surface area contributed by atoms with E-state index in [1.807, 2.05) is 73.7 Å². The maximum Gasteiger partial charge on any atom is 0.172 e. The van der Waals surface area contributed by atoms with Crippen LogP contribution in [0.1, 0.15) is 12.5 Å². The van der Waals surface area contributed by atoms with Gasteiger partial charge in [-0.2, -0.15) is 0 Å². The van der Waals surface area contributed by atoms with Gasteiger partial charge in [-0.3, -0.25) is 0 Å². The van der Waals surface area contributed by atoms with Gasteiger partial charge in [0.1, 0.15) is 10.8 Å². The van der Waals surface area contributed by atoms with Crippen molar-refractivity contribution in [2.75, 3.05) is 6.61 Å². The van der Waals surface area contributed by atoms with Crippen LogP contribution >= 0.6 is 11.8 Å². The second kappa shape index (κ2) is 8.10. The number of rotatable bonds is 5. The van der Waals surface area contributed by atoms with Gasteiger partial charge in [-0.05, 0) is 43.0 Å². The number of nitrogens with zero attached hydrogens (tertiary/aromatic N) is 2. The Bertz CT molecular complexity index is 1060. The largest absolute Gasteiger partial charge is 0.494 e. The normalized spacial score (nSPS) is 11.7. The molecule has 0 aliphatic carbocycles. The second-order valence-electron chi connectivity index (χ2n) is 5.87. The lowest BCUT2D eigenvalue weighted by Crippen LogP contribution is -1.95. The summed E-state index contributed by atoms with van der Waals surface area (Å²) in [7, 11) is 0. The lowest BCUT2D eigenvalue weighted by Gasteiger charge is -2.05. The molecule has 0 unspecified atom stereocenters. The number of aromatic amines is 1. The predicted molar refractivity (Wildman–Crippen MR) is 112 cm³/mol. The highest BCUT2D eigenvalue weighted by Crippen LogP contribution is 2.28. The molecule has 0 fully saturated rings. The van der Waals surface area contributed by atoms with Crippen molar-refractivity contribution in [3.05, 3.63) is 84.4 Å². The molecule has 5 heteroatoms. The highest BCUT2D eigenvalue weighted by Gasteiger charge is 2.11.